The summed E-state index contributed by atoms with van der Waals surface area (Å²) in [5.74, 6) is -0.190. The Morgan fingerprint density at radius 1 is 1.12 bits per heavy atom. The second-order valence-corrected chi connectivity index (χ2v) is 12.0. The standard InChI is InChI=1S/C31H32FN5O2S/c1-20-10-12-24(13-11-20)37-30-27(29(35-37)31(2,3)4)28(22-8-5-9-23(32)15-22)40-19-26(39)36(30)18-25(38)34-17-21-7-6-14-33-16-21/h5-16,28H,17-19H2,1-4H3,(H,34,38)/t28-/m0/s1. The largest absolute Gasteiger partial charge is 0.350 e. The summed E-state index contributed by atoms with van der Waals surface area (Å²) >= 11 is 1.43. The first kappa shape index (κ1) is 27.6. The Hall–Kier alpha value is -3.98. The molecule has 1 aliphatic heterocycles. The fourth-order valence-corrected chi connectivity index (χ4v) is 5.96. The predicted molar refractivity (Wildman–Crippen MR) is 156 cm³/mol. The number of hydrogen-bond donors (Lipinski definition) is 1. The molecule has 0 bridgehead atoms. The highest BCUT2D eigenvalue weighted by Crippen LogP contribution is 2.48. The van der Waals surface area contributed by atoms with Crippen LogP contribution in [-0.4, -0.2) is 38.9 Å². The average molecular weight is 558 g/mol. The number of aromatic nitrogens is 3. The summed E-state index contributed by atoms with van der Waals surface area (Å²) in [7, 11) is 0. The number of nitrogens with one attached hydrogen (secondary N) is 1. The number of anilines is 1. The Morgan fingerprint density at radius 2 is 1.90 bits per heavy atom. The van der Waals surface area contributed by atoms with Crippen LogP contribution in [0.25, 0.3) is 5.69 Å². The van der Waals surface area contributed by atoms with E-state index in [0.29, 0.717) is 12.4 Å². The van der Waals surface area contributed by atoms with Crippen molar-refractivity contribution >= 4 is 29.4 Å². The number of thioether (sulfide) groups is 1. The van der Waals surface area contributed by atoms with E-state index in [9.17, 15) is 14.0 Å². The van der Waals surface area contributed by atoms with Gasteiger partial charge in [0, 0.05) is 29.9 Å². The fourth-order valence-electron chi connectivity index (χ4n) is 4.77. The van der Waals surface area contributed by atoms with E-state index < -0.39 is 5.41 Å². The van der Waals surface area contributed by atoms with Crippen LogP contribution in [0.3, 0.4) is 0 Å². The number of pyridine rings is 1. The van der Waals surface area contributed by atoms with Gasteiger partial charge in [0.15, 0.2) is 0 Å². The van der Waals surface area contributed by atoms with Crippen LogP contribution in [0.1, 0.15) is 54.0 Å². The number of halogens is 1. The van der Waals surface area contributed by atoms with Crippen molar-refractivity contribution in [3.63, 3.8) is 0 Å². The molecule has 2 aromatic heterocycles. The topological polar surface area (TPSA) is 80.1 Å². The number of carbonyl (C=O) groups excluding carboxylic acids is 2. The molecule has 0 fully saturated rings. The molecule has 0 aliphatic carbocycles. The third-order valence-electron chi connectivity index (χ3n) is 6.74. The minimum Gasteiger partial charge on any atom is -0.350 e. The third-order valence-corrected chi connectivity index (χ3v) is 8.00. The molecule has 206 valence electrons. The van der Waals surface area contributed by atoms with E-state index >= 15 is 0 Å². The van der Waals surface area contributed by atoms with Crippen LogP contribution in [0.4, 0.5) is 10.2 Å². The van der Waals surface area contributed by atoms with Gasteiger partial charge in [0.2, 0.25) is 11.8 Å². The number of rotatable bonds is 6. The maximum absolute atomic E-state index is 14.4. The van der Waals surface area contributed by atoms with E-state index in [1.165, 1.54) is 28.8 Å². The molecular formula is C31H32FN5O2S. The van der Waals surface area contributed by atoms with Gasteiger partial charge in [-0.15, -0.1) is 11.8 Å². The van der Waals surface area contributed by atoms with Gasteiger partial charge >= 0.3 is 0 Å². The summed E-state index contributed by atoms with van der Waals surface area (Å²) in [5, 5.41) is 7.62. The highest BCUT2D eigenvalue weighted by atomic mass is 32.2. The monoisotopic (exact) mass is 557 g/mol. The van der Waals surface area contributed by atoms with Crippen molar-refractivity contribution in [1.29, 1.82) is 0 Å². The highest BCUT2D eigenvalue weighted by molar-refractivity contribution is 8.00. The van der Waals surface area contributed by atoms with Gasteiger partial charge in [0.05, 0.1) is 22.4 Å². The lowest BCUT2D eigenvalue weighted by atomic mass is 9.87. The first-order valence-corrected chi connectivity index (χ1v) is 14.2. The summed E-state index contributed by atoms with van der Waals surface area (Å²) in [6.07, 6.45) is 3.37. The lowest BCUT2D eigenvalue weighted by Gasteiger charge is -2.24. The molecule has 5 rings (SSSR count). The van der Waals surface area contributed by atoms with E-state index in [0.717, 1.165) is 33.6 Å². The first-order valence-electron chi connectivity index (χ1n) is 13.2. The quantitative estimate of drug-likeness (QED) is 0.339. The van der Waals surface area contributed by atoms with Crippen LogP contribution in [0.15, 0.2) is 73.1 Å². The number of hydrogen-bond acceptors (Lipinski definition) is 5. The van der Waals surface area contributed by atoms with E-state index in [4.69, 9.17) is 5.10 Å². The molecule has 0 spiro atoms. The molecule has 7 nitrogen and oxygen atoms in total. The molecule has 4 aromatic rings. The number of carbonyl (C=O) groups is 2. The molecule has 0 radical (unpaired) electrons. The molecule has 40 heavy (non-hydrogen) atoms. The molecule has 2 aromatic carbocycles. The number of amides is 2. The van der Waals surface area contributed by atoms with Crippen LogP contribution in [0.5, 0.6) is 0 Å². The second-order valence-electron chi connectivity index (χ2n) is 10.9. The Kier molecular flexibility index (Phi) is 7.76. The zero-order valence-corrected chi connectivity index (χ0v) is 23.8. The smallest absolute Gasteiger partial charge is 0.240 e. The number of benzene rings is 2. The molecule has 9 heteroatoms. The number of nitrogens with zero attached hydrogens (tertiary/aromatic N) is 4. The zero-order valence-electron chi connectivity index (χ0n) is 23.0. The Bertz CT molecular complexity index is 1530. The number of fused-ring (bicyclic) bond motifs is 1. The molecule has 0 unspecified atom stereocenters. The van der Waals surface area contributed by atoms with Gasteiger partial charge < -0.3 is 5.32 Å². The molecule has 1 aliphatic rings. The molecule has 0 saturated carbocycles. The van der Waals surface area contributed by atoms with E-state index in [2.05, 4.69) is 31.1 Å². The summed E-state index contributed by atoms with van der Waals surface area (Å²) in [4.78, 5) is 32.6. The molecule has 0 saturated heterocycles. The van der Waals surface area contributed by atoms with Gasteiger partial charge in [0.25, 0.3) is 0 Å². The van der Waals surface area contributed by atoms with Crippen molar-refractivity contribution in [1.82, 2.24) is 20.1 Å². The Balaban J connectivity index is 1.65. The maximum atomic E-state index is 14.4. The van der Waals surface area contributed by atoms with Crippen molar-refractivity contribution in [2.24, 2.45) is 0 Å². The second kappa shape index (κ2) is 11.3. The summed E-state index contributed by atoms with van der Waals surface area (Å²) in [5.41, 5.74) is 4.68. The lowest BCUT2D eigenvalue weighted by Crippen LogP contribution is -2.42. The molecule has 1 atom stereocenters. The highest BCUT2D eigenvalue weighted by Gasteiger charge is 2.40. The van der Waals surface area contributed by atoms with Crippen LogP contribution in [0, 0.1) is 12.7 Å². The summed E-state index contributed by atoms with van der Waals surface area (Å²) in [6.45, 7) is 8.34. The van der Waals surface area contributed by atoms with Crippen LogP contribution in [-0.2, 0) is 21.5 Å². The Labute approximate surface area is 237 Å². The van der Waals surface area contributed by atoms with Crippen molar-refractivity contribution < 1.29 is 14.0 Å². The van der Waals surface area contributed by atoms with Gasteiger partial charge in [0.1, 0.15) is 18.2 Å². The lowest BCUT2D eigenvalue weighted by molar-refractivity contribution is -0.123. The SMILES string of the molecule is Cc1ccc(-n2nc(C(C)(C)C)c3c2N(CC(=O)NCc2cccnc2)C(=O)CS[C@H]3c2cccc(F)c2)cc1. The molecule has 2 amide bonds. The maximum Gasteiger partial charge on any atom is 0.240 e. The normalized spacial score (nSPS) is 15.5. The van der Waals surface area contributed by atoms with Gasteiger partial charge in [-0.2, -0.15) is 5.10 Å². The number of aryl methyl sites for hydroxylation is 1. The third kappa shape index (κ3) is 5.79. The van der Waals surface area contributed by atoms with Gasteiger partial charge in [-0.05, 0) is 48.4 Å². The molecule has 3 heterocycles. The summed E-state index contributed by atoms with van der Waals surface area (Å²) in [6, 6.07) is 18.1. The van der Waals surface area contributed by atoms with Crippen molar-refractivity contribution in [2.45, 2.75) is 44.9 Å². The minimum absolute atomic E-state index is 0.128. The minimum atomic E-state index is -0.395. The summed E-state index contributed by atoms with van der Waals surface area (Å²) < 4.78 is 16.2. The van der Waals surface area contributed by atoms with Crippen LogP contribution >= 0.6 is 11.8 Å². The predicted octanol–water partition coefficient (Wildman–Crippen LogP) is 5.50. The van der Waals surface area contributed by atoms with Gasteiger partial charge in [-0.25, -0.2) is 9.07 Å². The van der Waals surface area contributed by atoms with Crippen LogP contribution < -0.4 is 10.2 Å². The molecular weight excluding hydrogens is 525 g/mol. The van der Waals surface area contributed by atoms with Gasteiger partial charge in [-0.3, -0.25) is 19.5 Å². The van der Waals surface area contributed by atoms with E-state index in [1.54, 1.807) is 23.1 Å². The Morgan fingerprint density at radius 3 is 2.58 bits per heavy atom. The van der Waals surface area contributed by atoms with Crippen molar-refractivity contribution in [3.8, 4) is 5.69 Å². The van der Waals surface area contributed by atoms with E-state index in [-0.39, 0.29) is 35.2 Å². The zero-order chi connectivity index (χ0) is 28.4. The van der Waals surface area contributed by atoms with Crippen molar-refractivity contribution in [3.05, 3.63) is 107 Å². The van der Waals surface area contributed by atoms with Crippen molar-refractivity contribution in [2.75, 3.05) is 17.2 Å². The fraction of sp³-hybridized carbons (Fsp3) is 0.290. The molecule has 1 N–H and O–H groups in total. The average Bonchev–Trinajstić information content (AvgIpc) is 3.26. The van der Waals surface area contributed by atoms with E-state index in [1.807, 2.05) is 49.4 Å². The van der Waals surface area contributed by atoms with Gasteiger partial charge in [-0.1, -0.05) is 56.7 Å². The van der Waals surface area contributed by atoms with Crippen LogP contribution in [0.2, 0.25) is 0 Å². The first-order chi connectivity index (χ1) is 19.1.